The van der Waals surface area contributed by atoms with Crippen LogP contribution in [0, 0.1) is 0 Å². The van der Waals surface area contributed by atoms with E-state index in [4.69, 9.17) is 9.72 Å². The molecule has 2 aromatic carbocycles. The predicted octanol–water partition coefficient (Wildman–Crippen LogP) is 4.65. The SMILES string of the molecule is COc1ccc2cc1CN(C)CCCC(=O)[C@@H]1CCCN1Cc1cccc(c1)Nc1nccc-2n1. The number of carbonyl (C=O) groups is 1. The maximum absolute atomic E-state index is 13.1. The van der Waals surface area contributed by atoms with Crippen LogP contribution >= 0.6 is 0 Å². The van der Waals surface area contributed by atoms with Crippen LogP contribution in [0.4, 0.5) is 11.6 Å². The van der Waals surface area contributed by atoms with Crippen molar-refractivity contribution in [2.75, 3.05) is 32.6 Å². The third kappa shape index (κ3) is 5.52. The molecule has 0 spiro atoms. The van der Waals surface area contributed by atoms with Crippen molar-refractivity contribution in [3.8, 4) is 17.0 Å². The fraction of sp³-hybridized carbons (Fsp3) is 0.393. The van der Waals surface area contributed by atoms with Gasteiger partial charge in [-0.05, 0) is 81.4 Å². The highest BCUT2D eigenvalue weighted by molar-refractivity contribution is 5.84. The number of aromatic nitrogens is 2. The maximum atomic E-state index is 13.1. The van der Waals surface area contributed by atoms with Gasteiger partial charge in [0.05, 0.1) is 18.8 Å². The lowest BCUT2D eigenvalue weighted by Gasteiger charge is -2.24. The molecule has 2 aliphatic heterocycles. The Morgan fingerprint density at radius 2 is 1.97 bits per heavy atom. The molecule has 6 bridgehead atoms. The van der Waals surface area contributed by atoms with Crippen LogP contribution in [-0.4, -0.2) is 58.8 Å². The number of ether oxygens (including phenoxy) is 1. The molecule has 3 heterocycles. The average molecular weight is 472 g/mol. The molecule has 1 aromatic heterocycles. The van der Waals surface area contributed by atoms with E-state index < -0.39 is 0 Å². The van der Waals surface area contributed by atoms with Crippen LogP contribution in [0.25, 0.3) is 11.3 Å². The third-order valence-corrected chi connectivity index (χ3v) is 6.94. The molecule has 0 radical (unpaired) electrons. The van der Waals surface area contributed by atoms with Gasteiger partial charge in [0.1, 0.15) is 11.5 Å². The summed E-state index contributed by atoms with van der Waals surface area (Å²) in [4.78, 5) is 26.9. The highest BCUT2D eigenvalue weighted by atomic mass is 16.5. The molecular formula is C28H33N5O2. The average Bonchev–Trinajstić information content (AvgIpc) is 3.32. The summed E-state index contributed by atoms with van der Waals surface area (Å²) in [6.45, 7) is 3.34. The first-order valence-corrected chi connectivity index (χ1v) is 12.4. The highest BCUT2D eigenvalue weighted by Crippen LogP contribution is 2.28. The fourth-order valence-corrected chi connectivity index (χ4v) is 5.19. The van der Waals surface area contributed by atoms with Crippen molar-refractivity contribution in [2.24, 2.45) is 0 Å². The second kappa shape index (κ2) is 10.5. The molecule has 35 heavy (non-hydrogen) atoms. The second-order valence-electron chi connectivity index (χ2n) is 9.55. The largest absolute Gasteiger partial charge is 0.496 e. The van der Waals surface area contributed by atoms with Gasteiger partial charge >= 0.3 is 0 Å². The number of Topliss-reactive ketones (excluding diaryl/α,β-unsaturated/α-hetero) is 1. The van der Waals surface area contributed by atoms with Crippen LogP contribution < -0.4 is 10.1 Å². The Morgan fingerprint density at radius 3 is 2.86 bits per heavy atom. The minimum Gasteiger partial charge on any atom is -0.496 e. The van der Waals surface area contributed by atoms with Crippen molar-refractivity contribution in [1.29, 1.82) is 0 Å². The van der Waals surface area contributed by atoms with Gasteiger partial charge in [-0.15, -0.1) is 0 Å². The molecule has 1 atom stereocenters. The molecule has 1 saturated heterocycles. The van der Waals surface area contributed by atoms with Crippen molar-refractivity contribution < 1.29 is 9.53 Å². The van der Waals surface area contributed by atoms with E-state index in [-0.39, 0.29) is 6.04 Å². The van der Waals surface area contributed by atoms with E-state index in [2.05, 4.69) is 45.3 Å². The molecule has 7 nitrogen and oxygen atoms in total. The van der Waals surface area contributed by atoms with Crippen molar-refractivity contribution in [3.63, 3.8) is 0 Å². The van der Waals surface area contributed by atoms with E-state index in [9.17, 15) is 4.79 Å². The molecule has 182 valence electrons. The quantitative estimate of drug-likeness (QED) is 0.554. The first-order valence-electron chi connectivity index (χ1n) is 12.4. The minimum atomic E-state index is 0.0239. The summed E-state index contributed by atoms with van der Waals surface area (Å²) in [6, 6.07) is 16.4. The Balaban J connectivity index is 1.49. The second-order valence-corrected chi connectivity index (χ2v) is 9.55. The number of benzene rings is 2. The molecule has 0 aliphatic carbocycles. The van der Waals surface area contributed by atoms with Crippen LogP contribution in [0.3, 0.4) is 0 Å². The van der Waals surface area contributed by atoms with Crippen LogP contribution in [0.5, 0.6) is 5.75 Å². The van der Waals surface area contributed by atoms with Gasteiger partial charge in [-0.25, -0.2) is 9.97 Å². The molecule has 7 heteroatoms. The third-order valence-electron chi connectivity index (χ3n) is 6.94. The number of hydrogen-bond acceptors (Lipinski definition) is 7. The first kappa shape index (κ1) is 23.5. The summed E-state index contributed by atoms with van der Waals surface area (Å²) in [6.07, 6.45) is 5.29. The van der Waals surface area contributed by atoms with E-state index in [1.807, 2.05) is 30.3 Å². The molecule has 5 rings (SSSR count). The van der Waals surface area contributed by atoms with E-state index >= 15 is 0 Å². The maximum Gasteiger partial charge on any atom is 0.227 e. The number of rotatable bonds is 1. The Bertz CT molecular complexity index is 1200. The lowest BCUT2D eigenvalue weighted by Crippen LogP contribution is -2.36. The topological polar surface area (TPSA) is 70.6 Å². The van der Waals surface area contributed by atoms with Crippen LogP contribution in [0.1, 0.15) is 36.8 Å². The zero-order valence-electron chi connectivity index (χ0n) is 20.5. The van der Waals surface area contributed by atoms with Gasteiger partial charge in [0.15, 0.2) is 0 Å². The fourth-order valence-electron chi connectivity index (χ4n) is 5.19. The summed E-state index contributed by atoms with van der Waals surface area (Å²) in [5, 5.41) is 3.36. The minimum absolute atomic E-state index is 0.0239. The molecule has 2 aliphatic rings. The number of carbonyl (C=O) groups excluding carboxylic acids is 1. The molecule has 3 aromatic rings. The molecule has 1 fully saturated rings. The number of nitrogens with zero attached hydrogens (tertiary/aromatic N) is 4. The lowest BCUT2D eigenvalue weighted by atomic mass is 10.0. The van der Waals surface area contributed by atoms with Gasteiger partial charge in [0.25, 0.3) is 0 Å². The van der Waals surface area contributed by atoms with E-state index in [0.29, 0.717) is 18.2 Å². The van der Waals surface area contributed by atoms with Gasteiger partial charge in [-0.3, -0.25) is 9.69 Å². The molecule has 0 amide bonds. The Morgan fingerprint density at radius 1 is 1.06 bits per heavy atom. The lowest BCUT2D eigenvalue weighted by molar-refractivity contribution is -0.123. The van der Waals surface area contributed by atoms with Gasteiger partial charge in [0.2, 0.25) is 5.95 Å². The first-order chi connectivity index (χ1) is 17.1. The number of anilines is 2. The number of hydrogen-bond donors (Lipinski definition) is 1. The number of fused-ring (bicyclic) bond motifs is 8. The zero-order chi connectivity index (χ0) is 24.2. The van der Waals surface area contributed by atoms with Crippen LogP contribution in [-0.2, 0) is 17.9 Å². The van der Waals surface area contributed by atoms with Crippen LogP contribution in [0.2, 0.25) is 0 Å². The van der Waals surface area contributed by atoms with Crippen molar-refractivity contribution in [1.82, 2.24) is 19.8 Å². The predicted molar refractivity (Wildman–Crippen MR) is 138 cm³/mol. The van der Waals surface area contributed by atoms with E-state index in [0.717, 1.165) is 73.7 Å². The molecular weight excluding hydrogens is 438 g/mol. The Labute approximate surface area is 207 Å². The van der Waals surface area contributed by atoms with Crippen molar-refractivity contribution in [3.05, 3.63) is 65.9 Å². The Hall–Kier alpha value is -3.29. The number of methoxy groups -OCH3 is 1. The summed E-state index contributed by atoms with van der Waals surface area (Å²) in [5.41, 5.74) is 5.09. The summed E-state index contributed by atoms with van der Waals surface area (Å²) >= 11 is 0. The summed E-state index contributed by atoms with van der Waals surface area (Å²) in [5.74, 6) is 1.78. The van der Waals surface area contributed by atoms with Crippen molar-refractivity contribution >= 4 is 17.4 Å². The number of ketones is 1. The molecule has 0 saturated carbocycles. The normalized spacial score (nSPS) is 19.7. The standard InChI is InChI=1S/C28H33N5O2/c1-32-14-5-9-26(34)25-8-4-15-33(25)18-20-6-3-7-23(16-20)30-28-29-13-12-24(31-28)21-10-11-27(35-2)22(17-21)19-32/h3,6-7,10-13,16-17,25H,4-5,8-9,14-15,18-19H2,1-2H3,(H,29,30,31)/t25-/m0/s1. The Kier molecular flexibility index (Phi) is 7.06. The van der Waals surface area contributed by atoms with Gasteiger partial charge in [-0.1, -0.05) is 12.1 Å². The van der Waals surface area contributed by atoms with Gasteiger partial charge in [-0.2, -0.15) is 0 Å². The smallest absolute Gasteiger partial charge is 0.227 e. The van der Waals surface area contributed by atoms with E-state index in [1.54, 1.807) is 13.3 Å². The monoisotopic (exact) mass is 471 g/mol. The van der Waals surface area contributed by atoms with Gasteiger partial charge in [0, 0.05) is 42.5 Å². The zero-order valence-corrected chi connectivity index (χ0v) is 20.5. The van der Waals surface area contributed by atoms with Crippen LogP contribution in [0.15, 0.2) is 54.7 Å². The van der Waals surface area contributed by atoms with Gasteiger partial charge < -0.3 is 15.0 Å². The number of nitrogens with one attached hydrogen (secondary N) is 1. The van der Waals surface area contributed by atoms with Crippen molar-refractivity contribution in [2.45, 2.75) is 44.8 Å². The highest BCUT2D eigenvalue weighted by Gasteiger charge is 2.30. The van der Waals surface area contributed by atoms with E-state index in [1.165, 1.54) is 5.56 Å². The molecule has 1 N–H and O–H groups in total. The summed E-state index contributed by atoms with van der Waals surface area (Å²) in [7, 11) is 3.80. The summed E-state index contributed by atoms with van der Waals surface area (Å²) < 4.78 is 5.64. The molecule has 0 unspecified atom stereocenters.